The number of aromatic nitrogens is 5. The Kier molecular flexibility index (Phi) is 4.73. The maximum atomic E-state index is 14.5. The zero-order valence-corrected chi connectivity index (χ0v) is 14.1. The molecular weight excluding hydrogens is 347 g/mol. The van der Waals surface area contributed by atoms with Crippen molar-refractivity contribution in [2.45, 2.75) is 31.9 Å². The fraction of sp³-hybridized carbons (Fsp3) is 0.294. The predicted molar refractivity (Wildman–Crippen MR) is 85.4 cm³/mol. The maximum Gasteiger partial charge on any atom is 0.166 e. The Morgan fingerprint density at radius 1 is 1.19 bits per heavy atom. The van der Waals surface area contributed by atoms with Crippen LogP contribution in [0.3, 0.4) is 0 Å². The van der Waals surface area contributed by atoms with Crippen molar-refractivity contribution >= 4 is 0 Å². The van der Waals surface area contributed by atoms with Crippen LogP contribution in [-0.2, 0) is 12.1 Å². The van der Waals surface area contributed by atoms with E-state index < -0.39 is 29.0 Å². The van der Waals surface area contributed by atoms with Gasteiger partial charge in [0.1, 0.15) is 36.2 Å². The summed E-state index contributed by atoms with van der Waals surface area (Å²) in [5.74, 6) is -3.43. The van der Waals surface area contributed by atoms with E-state index >= 15 is 0 Å². The van der Waals surface area contributed by atoms with E-state index in [-0.39, 0.29) is 23.5 Å². The summed E-state index contributed by atoms with van der Waals surface area (Å²) < 4.78 is 43.6. The SMILES string of the molecule is Cc1ncnc(C(C)C(O)(Cn2cncn2)c2ccc(F)cc2F)c1F. The highest BCUT2D eigenvalue weighted by Gasteiger charge is 2.42. The molecular formula is C17H16F3N5O. The number of hydrogen-bond acceptors (Lipinski definition) is 5. The molecule has 9 heteroatoms. The van der Waals surface area contributed by atoms with Crippen molar-refractivity contribution < 1.29 is 18.3 Å². The molecule has 136 valence electrons. The minimum absolute atomic E-state index is 0.0798. The van der Waals surface area contributed by atoms with Crippen LogP contribution in [-0.4, -0.2) is 29.8 Å². The number of rotatable bonds is 5. The van der Waals surface area contributed by atoms with Gasteiger partial charge in [0.2, 0.25) is 0 Å². The number of nitrogens with zero attached hydrogens (tertiary/aromatic N) is 5. The van der Waals surface area contributed by atoms with Gasteiger partial charge in [0.05, 0.1) is 17.9 Å². The molecule has 0 aliphatic rings. The van der Waals surface area contributed by atoms with Crippen molar-refractivity contribution in [3.63, 3.8) is 0 Å². The topological polar surface area (TPSA) is 76.7 Å². The highest BCUT2D eigenvalue weighted by molar-refractivity contribution is 5.30. The molecule has 0 bridgehead atoms. The highest BCUT2D eigenvalue weighted by Crippen LogP contribution is 2.39. The second kappa shape index (κ2) is 6.83. The second-order valence-corrected chi connectivity index (χ2v) is 6.02. The van der Waals surface area contributed by atoms with E-state index in [9.17, 15) is 18.3 Å². The van der Waals surface area contributed by atoms with Gasteiger partial charge in [-0.3, -0.25) is 0 Å². The number of aliphatic hydroxyl groups is 1. The molecule has 6 nitrogen and oxygen atoms in total. The van der Waals surface area contributed by atoms with Crippen molar-refractivity contribution in [2.24, 2.45) is 0 Å². The van der Waals surface area contributed by atoms with Crippen LogP contribution in [0.2, 0.25) is 0 Å². The van der Waals surface area contributed by atoms with Crippen LogP contribution >= 0.6 is 0 Å². The van der Waals surface area contributed by atoms with Crippen LogP contribution < -0.4 is 0 Å². The van der Waals surface area contributed by atoms with Crippen LogP contribution in [0.15, 0.2) is 37.2 Å². The molecule has 0 radical (unpaired) electrons. The number of benzene rings is 1. The molecule has 2 aromatic heterocycles. The largest absolute Gasteiger partial charge is 0.382 e. The molecule has 0 aliphatic heterocycles. The Labute approximate surface area is 147 Å². The summed E-state index contributed by atoms with van der Waals surface area (Å²) in [6.07, 6.45) is 3.75. The fourth-order valence-electron chi connectivity index (χ4n) is 2.86. The minimum atomic E-state index is -1.97. The molecule has 1 N–H and O–H groups in total. The average molecular weight is 363 g/mol. The Morgan fingerprint density at radius 3 is 2.62 bits per heavy atom. The molecule has 1 aromatic carbocycles. The van der Waals surface area contributed by atoms with Gasteiger partial charge in [-0.15, -0.1) is 0 Å². The van der Waals surface area contributed by atoms with E-state index in [2.05, 4.69) is 20.1 Å². The molecule has 0 aliphatic carbocycles. The van der Waals surface area contributed by atoms with E-state index in [1.807, 2.05) is 0 Å². The molecule has 3 rings (SSSR count). The monoisotopic (exact) mass is 363 g/mol. The van der Waals surface area contributed by atoms with Gasteiger partial charge in [-0.2, -0.15) is 5.10 Å². The molecule has 0 saturated carbocycles. The van der Waals surface area contributed by atoms with Gasteiger partial charge >= 0.3 is 0 Å². The zero-order valence-electron chi connectivity index (χ0n) is 14.1. The Bertz CT molecular complexity index is 919. The first-order valence-electron chi connectivity index (χ1n) is 7.80. The van der Waals surface area contributed by atoms with Crippen molar-refractivity contribution in [3.8, 4) is 0 Å². The molecule has 26 heavy (non-hydrogen) atoms. The third-order valence-electron chi connectivity index (χ3n) is 4.38. The summed E-state index contributed by atoms with van der Waals surface area (Å²) in [5.41, 5.74) is -2.14. The summed E-state index contributed by atoms with van der Waals surface area (Å²) in [5, 5.41) is 15.3. The first-order valence-corrected chi connectivity index (χ1v) is 7.80. The summed E-state index contributed by atoms with van der Waals surface area (Å²) in [6, 6.07) is 2.82. The van der Waals surface area contributed by atoms with Crippen LogP contribution in [0.1, 0.15) is 29.8 Å². The van der Waals surface area contributed by atoms with Gasteiger partial charge in [0.15, 0.2) is 5.82 Å². The van der Waals surface area contributed by atoms with Crippen LogP contribution in [0.5, 0.6) is 0 Å². The smallest absolute Gasteiger partial charge is 0.166 e. The molecule has 2 atom stereocenters. The van der Waals surface area contributed by atoms with E-state index in [4.69, 9.17) is 0 Å². The first kappa shape index (κ1) is 18.0. The summed E-state index contributed by atoms with van der Waals surface area (Å²) in [6.45, 7) is 2.73. The van der Waals surface area contributed by atoms with E-state index in [0.29, 0.717) is 6.07 Å². The maximum absolute atomic E-state index is 14.5. The average Bonchev–Trinajstić information content (AvgIpc) is 3.09. The van der Waals surface area contributed by atoms with Crippen molar-refractivity contribution in [3.05, 3.63) is 71.6 Å². The molecule has 2 unspecified atom stereocenters. The number of aryl methyl sites for hydroxylation is 1. The normalized spacial score (nSPS) is 14.8. The van der Waals surface area contributed by atoms with Gasteiger partial charge in [-0.25, -0.2) is 32.8 Å². The molecule has 0 spiro atoms. The number of halogens is 3. The molecule has 2 heterocycles. The third-order valence-corrected chi connectivity index (χ3v) is 4.38. The lowest BCUT2D eigenvalue weighted by Crippen LogP contribution is -2.39. The Hall–Kier alpha value is -2.81. The third kappa shape index (κ3) is 3.17. The van der Waals surface area contributed by atoms with Crippen LogP contribution in [0.4, 0.5) is 13.2 Å². The molecule has 0 saturated heterocycles. The minimum Gasteiger partial charge on any atom is -0.382 e. The lowest BCUT2D eigenvalue weighted by molar-refractivity contribution is -0.0134. The fourth-order valence-corrected chi connectivity index (χ4v) is 2.86. The van der Waals surface area contributed by atoms with Gasteiger partial charge in [-0.1, -0.05) is 13.0 Å². The summed E-state index contributed by atoms with van der Waals surface area (Å²) in [7, 11) is 0. The first-order chi connectivity index (χ1) is 12.3. The highest BCUT2D eigenvalue weighted by atomic mass is 19.1. The van der Waals surface area contributed by atoms with E-state index in [1.54, 1.807) is 0 Å². The summed E-state index contributed by atoms with van der Waals surface area (Å²) in [4.78, 5) is 11.5. The predicted octanol–water partition coefficient (Wildman–Crippen LogP) is 2.49. The van der Waals surface area contributed by atoms with Gasteiger partial charge in [-0.05, 0) is 13.0 Å². The van der Waals surface area contributed by atoms with Crippen LogP contribution in [0, 0.1) is 24.4 Å². The van der Waals surface area contributed by atoms with Gasteiger partial charge in [0.25, 0.3) is 0 Å². The van der Waals surface area contributed by atoms with Crippen molar-refractivity contribution in [1.29, 1.82) is 0 Å². The van der Waals surface area contributed by atoms with Gasteiger partial charge in [0, 0.05) is 17.5 Å². The van der Waals surface area contributed by atoms with E-state index in [0.717, 1.165) is 12.1 Å². The molecule has 0 amide bonds. The standard InChI is InChI=1S/C17H16F3N5O/c1-10(16-15(20)11(2)22-8-23-16)17(26,6-25-9-21-7-24-25)13-4-3-12(18)5-14(13)19/h3-5,7-10,26H,6H2,1-2H3. The zero-order chi connectivity index (χ0) is 18.9. The molecule has 0 fully saturated rings. The lowest BCUT2D eigenvalue weighted by atomic mass is 9.79. The molecule has 3 aromatic rings. The van der Waals surface area contributed by atoms with Gasteiger partial charge < -0.3 is 5.11 Å². The van der Waals surface area contributed by atoms with E-state index in [1.165, 1.54) is 37.5 Å². The summed E-state index contributed by atoms with van der Waals surface area (Å²) >= 11 is 0. The quantitative estimate of drug-likeness (QED) is 0.754. The van der Waals surface area contributed by atoms with Crippen molar-refractivity contribution in [1.82, 2.24) is 24.7 Å². The Balaban J connectivity index is 2.15. The Morgan fingerprint density at radius 2 is 1.96 bits per heavy atom. The lowest BCUT2D eigenvalue weighted by Gasteiger charge is -2.34. The number of hydrogen-bond donors (Lipinski definition) is 1. The second-order valence-electron chi connectivity index (χ2n) is 6.02. The van der Waals surface area contributed by atoms with Crippen LogP contribution in [0.25, 0.3) is 0 Å². The van der Waals surface area contributed by atoms with Crippen molar-refractivity contribution in [2.75, 3.05) is 0 Å².